The quantitative estimate of drug-likeness (QED) is 0.622. The summed E-state index contributed by atoms with van der Waals surface area (Å²) >= 11 is 0. The molecule has 0 spiro atoms. The van der Waals surface area contributed by atoms with E-state index < -0.39 is 10.0 Å². The van der Waals surface area contributed by atoms with Gasteiger partial charge in [-0.25, -0.2) is 13.4 Å². The highest BCUT2D eigenvalue weighted by Gasteiger charge is 2.33. The van der Waals surface area contributed by atoms with Crippen LogP contribution in [-0.2, 0) is 21.4 Å². The van der Waals surface area contributed by atoms with E-state index in [2.05, 4.69) is 10.3 Å². The van der Waals surface area contributed by atoms with E-state index >= 15 is 0 Å². The molecule has 1 aromatic heterocycles. The summed E-state index contributed by atoms with van der Waals surface area (Å²) in [4.78, 5) is 17.5. The van der Waals surface area contributed by atoms with Gasteiger partial charge in [0.15, 0.2) is 0 Å². The van der Waals surface area contributed by atoms with Gasteiger partial charge in [0.1, 0.15) is 5.82 Å². The highest BCUT2D eigenvalue weighted by molar-refractivity contribution is 7.89. The van der Waals surface area contributed by atoms with Gasteiger partial charge >= 0.3 is 0 Å². The number of piperidine rings is 1. The van der Waals surface area contributed by atoms with Crippen molar-refractivity contribution in [1.82, 2.24) is 19.2 Å². The minimum absolute atomic E-state index is 0.119. The number of para-hydroxylation sites is 1. The zero-order valence-electron chi connectivity index (χ0n) is 18.4. The zero-order chi connectivity index (χ0) is 22.7. The van der Waals surface area contributed by atoms with Crippen molar-refractivity contribution < 1.29 is 13.2 Å². The monoisotopic (exact) mass is 452 g/mol. The molecule has 0 aliphatic carbocycles. The third kappa shape index (κ3) is 4.61. The molecule has 0 saturated carbocycles. The van der Waals surface area contributed by atoms with E-state index in [9.17, 15) is 13.2 Å². The molecule has 168 valence electrons. The van der Waals surface area contributed by atoms with Crippen LogP contribution < -0.4 is 5.32 Å². The van der Waals surface area contributed by atoms with Gasteiger partial charge in [-0.05, 0) is 50.5 Å². The number of aryl methyl sites for hydroxylation is 2. The number of carbonyl (C=O) groups is 1. The number of amides is 1. The first-order valence-corrected chi connectivity index (χ1v) is 12.2. The standard InChI is InChI=1S/C24H28N4O3S/c1-18-9-11-22(12-10-18)32(30,31)27-14-5-7-21(17-27)24(29)26-16-20-6-3-4-8-23(20)28-15-13-25-19(28)2/h3-4,6,8-13,15,21H,5,7,14,16-17H2,1-2H3,(H,26,29)/t21-/m1/s1. The van der Waals surface area contributed by atoms with Crippen LogP contribution in [0.3, 0.4) is 0 Å². The van der Waals surface area contributed by atoms with Gasteiger partial charge in [0, 0.05) is 32.0 Å². The Kier molecular flexibility index (Phi) is 6.43. The van der Waals surface area contributed by atoms with Crippen LogP contribution in [0.15, 0.2) is 65.8 Å². The molecule has 3 aromatic rings. The van der Waals surface area contributed by atoms with E-state index in [0.717, 1.165) is 22.6 Å². The van der Waals surface area contributed by atoms with E-state index in [0.29, 0.717) is 25.9 Å². The normalized spacial score (nSPS) is 17.2. The predicted molar refractivity (Wildman–Crippen MR) is 123 cm³/mol. The van der Waals surface area contributed by atoms with Gasteiger partial charge in [0.25, 0.3) is 0 Å². The third-order valence-electron chi connectivity index (χ3n) is 5.94. The van der Waals surface area contributed by atoms with Crippen LogP contribution in [0.5, 0.6) is 0 Å². The van der Waals surface area contributed by atoms with Gasteiger partial charge in [-0.3, -0.25) is 4.79 Å². The molecule has 0 radical (unpaired) electrons. The first kappa shape index (κ1) is 22.2. The maximum atomic E-state index is 13.0. The fraction of sp³-hybridized carbons (Fsp3) is 0.333. The molecule has 0 bridgehead atoms. The number of aromatic nitrogens is 2. The summed E-state index contributed by atoms with van der Waals surface area (Å²) in [7, 11) is -3.61. The van der Waals surface area contributed by atoms with Crippen LogP contribution in [0.2, 0.25) is 0 Å². The lowest BCUT2D eigenvalue weighted by atomic mass is 9.98. The molecular weight excluding hydrogens is 424 g/mol. The summed E-state index contributed by atoms with van der Waals surface area (Å²) in [6, 6.07) is 14.7. The molecule has 32 heavy (non-hydrogen) atoms. The Morgan fingerprint density at radius 3 is 2.59 bits per heavy atom. The van der Waals surface area contributed by atoms with Crippen molar-refractivity contribution in [2.45, 2.75) is 38.1 Å². The number of hydrogen-bond acceptors (Lipinski definition) is 4. The highest BCUT2D eigenvalue weighted by Crippen LogP contribution is 2.24. The van der Waals surface area contributed by atoms with Crippen LogP contribution in [0.4, 0.5) is 0 Å². The lowest BCUT2D eigenvalue weighted by Gasteiger charge is -2.31. The average Bonchev–Trinajstić information content (AvgIpc) is 3.23. The fourth-order valence-corrected chi connectivity index (χ4v) is 5.61. The molecule has 1 aliphatic heterocycles. The van der Waals surface area contributed by atoms with Crippen LogP contribution in [0.1, 0.15) is 29.8 Å². The van der Waals surface area contributed by atoms with Crippen molar-refractivity contribution in [3.63, 3.8) is 0 Å². The van der Waals surface area contributed by atoms with Crippen LogP contribution >= 0.6 is 0 Å². The largest absolute Gasteiger partial charge is 0.352 e. The molecule has 1 N–H and O–H groups in total. The van der Waals surface area contributed by atoms with E-state index in [1.54, 1.807) is 30.5 Å². The van der Waals surface area contributed by atoms with Crippen LogP contribution in [-0.4, -0.2) is 41.3 Å². The van der Waals surface area contributed by atoms with Gasteiger partial charge in [0.05, 0.1) is 16.5 Å². The Morgan fingerprint density at radius 2 is 1.88 bits per heavy atom. The first-order chi connectivity index (χ1) is 15.4. The smallest absolute Gasteiger partial charge is 0.243 e. The molecule has 8 heteroatoms. The topological polar surface area (TPSA) is 84.3 Å². The molecule has 1 fully saturated rings. The maximum Gasteiger partial charge on any atom is 0.243 e. The summed E-state index contributed by atoms with van der Waals surface area (Å²) in [6.45, 7) is 4.85. The van der Waals surface area contributed by atoms with Crippen molar-refractivity contribution in [3.05, 3.63) is 77.9 Å². The second kappa shape index (κ2) is 9.26. The number of nitrogens with zero attached hydrogens (tertiary/aromatic N) is 3. The van der Waals surface area contributed by atoms with E-state index in [1.165, 1.54) is 4.31 Å². The number of carbonyl (C=O) groups excluding carboxylic acids is 1. The molecule has 1 saturated heterocycles. The van der Waals surface area contributed by atoms with Crippen molar-refractivity contribution in [1.29, 1.82) is 0 Å². The lowest BCUT2D eigenvalue weighted by molar-refractivity contribution is -0.126. The summed E-state index contributed by atoms with van der Waals surface area (Å²) in [5, 5.41) is 3.02. The Hall–Kier alpha value is -2.97. The Balaban J connectivity index is 1.44. The van der Waals surface area contributed by atoms with Gasteiger partial charge in [-0.15, -0.1) is 0 Å². The van der Waals surface area contributed by atoms with Crippen molar-refractivity contribution >= 4 is 15.9 Å². The Bertz CT molecular complexity index is 1200. The van der Waals surface area contributed by atoms with E-state index in [1.807, 2.05) is 48.9 Å². The van der Waals surface area contributed by atoms with E-state index in [4.69, 9.17) is 0 Å². The number of hydrogen-bond donors (Lipinski definition) is 1. The van der Waals surface area contributed by atoms with Gasteiger partial charge in [-0.1, -0.05) is 35.9 Å². The van der Waals surface area contributed by atoms with Gasteiger partial charge in [0.2, 0.25) is 15.9 Å². The number of nitrogens with one attached hydrogen (secondary N) is 1. The molecule has 2 heterocycles. The number of rotatable bonds is 6. The van der Waals surface area contributed by atoms with Crippen molar-refractivity contribution in [3.8, 4) is 5.69 Å². The summed E-state index contributed by atoms with van der Waals surface area (Å²) < 4.78 is 29.5. The van der Waals surface area contributed by atoms with E-state index in [-0.39, 0.29) is 23.3 Å². The molecule has 7 nitrogen and oxygen atoms in total. The number of benzene rings is 2. The fourth-order valence-electron chi connectivity index (χ4n) is 4.09. The maximum absolute atomic E-state index is 13.0. The second-order valence-electron chi connectivity index (χ2n) is 8.21. The average molecular weight is 453 g/mol. The predicted octanol–water partition coefficient (Wildman–Crippen LogP) is 3.21. The van der Waals surface area contributed by atoms with Crippen molar-refractivity contribution in [2.75, 3.05) is 13.1 Å². The number of sulfonamides is 1. The molecule has 0 unspecified atom stereocenters. The SMILES string of the molecule is Cc1ccc(S(=O)(=O)N2CCC[C@@H](C(=O)NCc3ccccc3-n3ccnc3C)C2)cc1. The molecule has 1 atom stereocenters. The summed E-state index contributed by atoms with van der Waals surface area (Å²) in [5.74, 6) is 0.380. The van der Waals surface area contributed by atoms with Crippen LogP contribution in [0, 0.1) is 19.8 Å². The Morgan fingerprint density at radius 1 is 1.12 bits per heavy atom. The third-order valence-corrected chi connectivity index (χ3v) is 7.82. The summed E-state index contributed by atoms with van der Waals surface area (Å²) in [5.41, 5.74) is 2.95. The molecule has 1 aliphatic rings. The molecule has 2 aromatic carbocycles. The first-order valence-electron chi connectivity index (χ1n) is 10.8. The van der Waals surface area contributed by atoms with Crippen LogP contribution in [0.25, 0.3) is 5.69 Å². The Labute approximate surface area is 189 Å². The van der Waals surface area contributed by atoms with Gasteiger partial charge < -0.3 is 9.88 Å². The van der Waals surface area contributed by atoms with Crippen molar-refractivity contribution in [2.24, 2.45) is 5.92 Å². The lowest BCUT2D eigenvalue weighted by Crippen LogP contribution is -2.45. The molecular formula is C24H28N4O3S. The second-order valence-corrected chi connectivity index (χ2v) is 10.1. The van der Waals surface area contributed by atoms with Gasteiger partial charge in [-0.2, -0.15) is 4.31 Å². The zero-order valence-corrected chi connectivity index (χ0v) is 19.2. The molecule has 1 amide bonds. The number of imidazole rings is 1. The molecule has 4 rings (SSSR count). The highest BCUT2D eigenvalue weighted by atomic mass is 32.2. The minimum Gasteiger partial charge on any atom is -0.352 e. The summed E-state index contributed by atoms with van der Waals surface area (Å²) in [6.07, 6.45) is 4.97. The minimum atomic E-state index is -3.61.